The smallest absolute Gasteiger partial charge is 0.547 e. The zero-order valence-corrected chi connectivity index (χ0v) is 25.6. The first-order valence-corrected chi connectivity index (χ1v) is 12.5. The number of rotatable bonds is 12. The number of nitrogens with one attached hydrogen (secondary N) is 2. The molecule has 0 spiro atoms. The molecule has 0 bridgehead atoms. The number of carboxylic acid groups (broad SMARTS) is 1. The van der Waals surface area contributed by atoms with Gasteiger partial charge in [-0.1, -0.05) is 0 Å². The van der Waals surface area contributed by atoms with Gasteiger partial charge in [0.1, 0.15) is 54.8 Å². The Morgan fingerprint density at radius 3 is 2.15 bits per heavy atom. The van der Waals surface area contributed by atoms with Gasteiger partial charge in [-0.25, -0.2) is 0 Å². The molecule has 40 heavy (non-hydrogen) atoms. The van der Waals surface area contributed by atoms with Crippen molar-refractivity contribution < 1.29 is 93.2 Å². The molecule has 0 radical (unpaired) electrons. The Hall–Kier alpha value is -1.00. The summed E-state index contributed by atoms with van der Waals surface area (Å²) in [6.07, 6.45) is -15.1. The average Bonchev–Trinajstić information content (AvgIpc) is 2.86. The van der Waals surface area contributed by atoms with Gasteiger partial charge in [0.15, 0.2) is 12.6 Å². The van der Waals surface area contributed by atoms with Crippen LogP contribution in [0.4, 0.5) is 0 Å². The molecule has 2 aliphatic rings. The molecule has 17 nitrogen and oxygen atoms in total. The number of carboxylic acids is 1. The van der Waals surface area contributed by atoms with Crippen LogP contribution in [0.5, 0.6) is 0 Å². The first kappa shape index (κ1) is 37.0. The number of nitrogens with zero attached hydrogens (tertiary/aromatic N) is 1. The van der Waals surface area contributed by atoms with Crippen LogP contribution in [0.25, 0.3) is 0 Å². The Kier molecular flexibility index (Phi) is 14.8. The number of amides is 2. The van der Waals surface area contributed by atoms with E-state index in [9.17, 15) is 44.8 Å². The van der Waals surface area contributed by atoms with Crippen LogP contribution in [-0.2, 0) is 38.1 Å². The maximum absolute atomic E-state index is 13.4. The molecule has 7 unspecified atom stereocenters. The minimum atomic E-state index is -1.99. The van der Waals surface area contributed by atoms with Gasteiger partial charge in [0, 0.05) is 37.7 Å². The zero-order chi connectivity index (χ0) is 29.7. The van der Waals surface area contributed by atoms with Gasteiger partial charge < -0.3 is 64.6 Å². The van der Waals surface area contributed by atoms with Crippen molar-refractivity contribution in [3.05, 3.63) is 4.91 Å². The van der Waals surface area contributed by atoms with Gasteiger partial charge in [-0.3, -0.25) is 9.59 Å². The first-order valence-electron chi connectivity index (χ1n) is 11.7. The van der Waals surface area contributed by atoms with Crippen LogP contribution in [0.3, 0.4) is 0 Å². The predicted octanol–water partition coefficient (Wildman–Crippen LogP) is -7.51. The minimum Gasteiger partial charge on any atom is -0.547 e. The summed E-state index contributed by atoms with van der Waals surface area (Å²) in [5, 5.41) is 58.0. The summed E-state index contributed by atoms with van der Waals surface area (Å²) in [4.78, 5) is 47.9. The number of carbonyl (C=O) groups is 3. The zero-order valence-electron chi connectivity index (χ0n) is 22.8. The second-order valence-corrected chi connectivity index (χ2v) is 10.8. The maximum atomic E-state index is 13.4. The Morgan fingerprint density at radius 2 is 1.68 bits per heavy atom. The molecule has 0 aliphatic carbocycles. The predicted molar refractivity (Wildman–Crippen MR) is 127 cm³/mol. The topological polar surface area (TPSA) is 255 Å². The van der Waals surface area contributed by atoms with Crippen LogP contribution in [0.2, 0.25) is 0 Å². The summed E-state index contributed by atoms with van der Waals surface area (Å²) in [5.74, 6) is -3.36. The fourth-order valence-electron chi connectivity index (χ4n) is 4.30. The number of nitroso groups, excluding NO2 is 1. The summed E-state index contributed by atoms with van der Waals surface area (Å²) in [7, 11) is 2.27. The molecular weight excluding hydrogens is 573 g/mol. The van der Waals surface area contributed by atoms with Crippen LogP contribution in [0.1, 0.15) is 20.8 Å². The van der Waals surface area contributed by atoms with Gasteiger partial charge in [-0.15, -0.1) is 4.91 Å². The minimum absolute atomic E-state index is 0. The summed E-state index contributed by atoms with van der Waals surface area (Å²) in [5.41, 5.74) is 0. The fraction of sp³-hybridized carbons (Fsp3) is 0.857. The second-order valence-electron chi connectivity index (χ2n) is 9.42. The normalized spacial score (nSPS) is 35.1. The Balaban J connectivity index is 0.00000800. The summed E-state index contributed by atoms with van der Waals surface area (Å²) >= 11 is 0.477. The Bertz CT molecular complexity index is 888. The van der Waals surface area contributed by atoms with Crippen molar-refractivity contribution in [3.8, 4) is 0 Å². The van der Waals surface area contributed by atoms with Crippen molar-refractivity contribution in [1.82, 2.24) is 10.6 Å². The van der Waals surface area contributed by atoms with E-state index < -0.39 is 96.5 Å². The summed E-state index contributed by atoms with van der Waals surface area (Å²) in [6.45, 7) is 3.31. The molecule has 6 N–H and O–H groups in total. The van der Waals surface area contributed by atoms with Crippen LogP contribution in [-0.4, -0.2) is 131 Å². The molecule has 2 aliphatic heterocycles. The van der Waals surface area contributed by atoms with Crippen molar-refractivity contribution in [2.24, 2.45) is 4.58 Å². The monoisotopic (exact) mass is 607 g/mol. The quantitative estimate of drug-likeness (QED) is 0.0684. The molecule has 0 aromatic rings. The van der Waals surface area contributed by atoms with Crippen LogP contribution in [0, 0.1) is 4.91 Å². The van der Waals surface area contributed by atoms with Gasteiger partial charge in [0.2, 0.25) is 11.8 Å². The van der Waals surface area contributed by atoms with Crippen LogP contribution >= 0.6 is 11.9 Å². The number of methoxy groups -OCH3 is 2. The van der Waals surface area contributed by atoms with E-state index in [1.807, 2.05) is 0 Å². The van der Waals surface area contributed by atoms with Crippen molar-refractivity contribution in [2.75, 3.05) is 20.8 Å². The number of hydrogen-bond donors (Lipinski definition) is 6. The molecular formula is C21H34N3NaO14S. The number of aliphatic carboxylic acids is 1. The van der Waals surface area contributed by atoms with Gasteiger partial charge >= 0.3 is 29.6 Å². The summed E-state index contributed by atoms with van der Waals surface area (Å²) < 4.78 is 28.1. The van der Waals surface area contributed by atoms with E-state index in [0.29, 0.717) is 11.9 Å². The molecule has 224 valence electrons. The number of aliphatic hydroxyl groups excluding tert-OH is 4. The largest absolute Gasteiger partial charge is 1.00 e. The molecule has 19 heteroatoms. The fourth-order valence-corrected chi connectivity index (χ4v) is 4.77. The van der Waals surface area contributed by atoms with Crippen molar-refractivity contribution >= 4 is 29.7 Å². The summed E-state index contributed by atoms with van der Waals surface area (Å²) in [6, 6.07) is -2.83. The third kappa shape index (κ3) is 8.52. The van der Waals surface area contributed by atoms with E-state index in [2.05, 4.69) is 15.2 Å². The van der Waals surface area contributed by atoms with E-state index >= 15 is 0 Å². The Morgan fingerprint density at radius 1 is 1.05 bits per heavy atom. The molecule has 0 aromatic heterocycles. The van der Waals surface area contributed by atoms with Gasteiger partial charge in [-0.05, 0) is 13.8 Å². The molecule has 2 amide bonds. The number of ether oxygens (including phenoxy) is 5. The number of aliphatic hydroxyl groups is 4. The number of hydrogen-bond acceptors (Lipinski definition) is 16. The SMILES string of the molecule is COC1OC(C(=O)[O-])[C@@H](O[C@@H]2OC(CO)C(O)[C@H](OC)C2NC(=O)[C@H](NC(C)=O)C(C)(C)SN=O)C(O)C1O.[Na+]. The molecule has 2 heterocycles. The Labute approximate surface area is 256 Å². The maximum Gasteiger partial charge on any atom is 1.00 e. The van der Waals surface area contributed by atoms with Crippen molar-refractivity contribution in [3.63, 3.8) is 0 Å². The average molecular weight is 608 g/mol. The molecule has 0 aromatic carbocycles. The number of carbonyl (C=O) groups excluding carboxylic acids is 3. The van der Waals surface area contributed by atoms with Crippen molar-refractivity contribution in [1.29, 1.82) is 0 Å². The standard InChI is InChI=1S/C21H35N3O14S.Na/c1-7(26)22-16(21(2,3)39-24-33)17(30)23-9-13(34-4)10(27)8(6-25)36-19(9)37-14-11(28)12(29)20(35-5)38-15(14)18(31)32;/h8-16,19-20,25,27-29H,6H2,1-5H3,(H,22,26)(H,23,30)(H,31,32);/q;+1/p-1/t8?,9?,10?,11?,12?,13-,14+,15?,16+,19+,20?;/m1./s1. The molecule has 2 saturated heterocycles. The third-order valence-electron chi connectivity index (χ3n) is 6.31. The van der Waals surface area contributed by atoms with E-state index in [-0.39, 0.29) is 29.6 Å². The molecule has 11 atom stereocenters. The van der Waals surface area contributed by atoms with E-state index in [0.717, 1.165) is 14.0 Å². The van der Waals surface area contributed by atoms with Crippen LogP contribution in [0.15, 0.2) is 4.58 Å². The van der Waals surface area contributed by atoms with Gasteiger partial charge in [-0.2, -0.15) is 0 Å². The first-order chi connectivity index (χ1) is 18.2. The van der Waals surface area contributed by atoms with Gasteiger partial charge in [0.05, 0.1) is 17.3 Å². The molecule has 0 saturated carbocycles. The van der Waals surface area contributed by atoms with E-state index in [1.165, 1.54) is 21.0 Å². The van der Waals surface area contributed by atoms with Gasteiger partial charge in [0.25, 0.3) is 0 Å². The van der Waals surface area contributed by atoms with E-state index in [4.69, 9.17) is 23.7 Å². The molecule has 2 rings (SSSR count). The van der Waals surface area contributed by atoms with Crippen LogP contribution < -0.4 is 45.3 Å². The van der Waals surface area contributed by atoms with E-state index in [1.54, 1.807) is 0 Å². The second kappa shape index (κ2) is 16.0. The molecule has 2 fully saturated rings. The third-order valence-corrected chi connectivity index (χ3v) is 7.09. The van der Waals surface area contributed by atoms with Crippen molar-refractivity contribution in [2.45, 2.75) is 92.9 Å².